The van der Waals surface area contributed by atoms with E-state index < -0.39 is 0 Å². The molecule has 0 N–H and O–H groups in total. The molecule has 0 saturated carbocycles. The highest BCUT2D eigenvalue weighted by Gasteiger charge is 2.32. The van der Waals surface area contributed by atoms with Gasteiger partial charge in [0.1, 0.15) is 12.3 Å². The van der Waals surface area contributed by atoms with Crippen molar-refractivity contribution in [3.8, 4) is 5.88 Å². The summed E-state index contributed by atoms with van der Waals surface area (Å²) in [5.41, 5.74) is 0.559. The Kier molecular flexibility index (Phi) is 4.11. The summed E-state index contributed by atoms with van der Waals surface area (Å²) >= 11 is 0. The molecule has 0 bridgehead atoms. The number of aromatic nitrogens is 6. The van der Waals surface area contributed by atoms with Gasteiger partial charge in [0.15, 0.2) is 11.6 Å². The molecule has 9 heteroatoms. The van der Waals surface area contributed by atoms with E-state index in [0.29, 0.717) is 24.7 Å². The Hall–Kier alpha value is -3.23. The predicted octanol–water partition coefficient (Wildman–Crippen LogP) is 1.20. The first-order chi connectivity index (χ1) is 12.6. The molecule has 1 atom stereocenters. The average Bonchev–Trinajstić information content (AvgIpc) is 3.27. The standard InChI is InChI=1S/C17H19N7O2/c1-12-16-21-20-14(11-26-15-5-3-4-7-18-15)24(16)10-9-23(12)17(25)13-6-8-19-22(13)2/h3-8,12H,9-11H2,1-2H3/t12-/m0/s1. The number of pyridine rings is 1. The molecular formula is C17H19N7O2. The first kappa shape index (κ1) is 16.2. The summed E-state index contributed by atoms with van der Waals surface area (Å²) in [4.78, 5) is 18.7. The van der Waals surface area contributed by atoms with Gasteiger partial charge in [-0.2, -0.15) is 5.10 Å². The van der Waals surface area contributed by atoms with E-state index >= 15 is 0 Å². The Morgan fingerprint density at radius 2 is 2.12 bits per heavy atom. The summed E-state index contributed by atoms with van der Waals surface area (Å²) in [7, 11) is 1.76. The minimum absolute atomic E-state index is 0.0574. The third kappa shape index (κ3) is 2.81. The van der Waals surface area contributed by atoms with E-state index in [0.717, 1.165) is 11.6 Å². The first-order valence-electron chi connectivity index (χ1n) is 8.40. The molecule has 1 aliphatic rings. The van der Waals surface area contributed by atoms with Gasteiger partial charge < -0.3 is 14.2 Å². The maximum Gasteiger partial charge on any atom is 0.272 e. The molecule has 0 saturated heterocycles. The summed E-state index contributed by atoms with van der Waals surface area (Å²) in [5.74, 6) is 1.97. The van der Waals surface area contributed by atoms with Crippen molar-refractivity contribution in [2.75, 3.05) is 6.54 Å². The van der Waals surface area contributed by atoms with E-state index in [9.17, 15) is 4.79 Å². The van der Waals surface area contributed by atoms with Crippen LogP contribution in [0.2, 0.25) is 0 Å². The van der Waals surface area contributed by atoms with Crippen LogP contribution in [0, 0.1) is 0 Å². The van der Waals surface area contributed by atoms with Crippen LogP contribution in [0.5, 0.6) is 5.88 Å². The molecule has 9 nitrogen and oxygen atoms in total. The SMILES string of the molecule is C[C@H]1c2nnc(COc3ccccn3)n2CCN1C(=O)c1ccnn1C. The molecule has 0 radical (unpaired) electrons. The molecule has 0 spiro atoms. The third-order valence-electron chi connectivity index (χ3n) is 4.55. The number of nitrogens with zero attached hydrogens (tertiary/aromatic N) is 7. The van der Waals surface area contributed by atoms with Gasteiger partial charge in [-0.05, 0) is 19.1 Å². The highest BCUT2D eigenvalue weighted by molar-refractivity contribution is 5.92. The number of carbonyl (C=O) groups excluding carboxylic acids is 1. The second-order valence-corrected chi connectivity index (χ2v) is 6.10. The zero-order valence-corrected chi connectivity index (χ0v) is 14.6. The maximum atomic E-state index is 12.8. The Morgan fingerprint density at radius 1 is 1.23 bits per heavy atom. The Morgan fingerprint density at radius 3 is 2.85 bits per heavy atom. The fraction of sp³-hybridized carbons (Fsp3) is 0.353. The summed E-state index contributed by atoms with van der Waals surface area (Å²) in [6.07, 6.45) is 3.30. The molecule has 26 heavy (non-hydrogen) atoms. The smallest absolute Gasteiger partial charge is 0.272 e. The van der Waals surface area contributed by atoms with Crippen LogP contribution in [-0.4, -0.2) is 46.9 Å². The van der Waals surface area contributed by atoms with E-state index in [1.165, 1.54) is 0 Å². The summed E-state index contributed by atoms with van der Waals surface area (Å²) in [6.45, 7) is 3.44. The van der Waals surface area contributed by atoms with Crippen molar-refractivity contribution < 1.29 is 9.53 Å². The van der Waals surface area contributed by atoms with Gasteiger partial charge in [0, 0.05) is 38.6 Å². The second kappa shape index (κ2) is 6.58. The van der Waals surface area contributed by atoms with Crippen LogP contribution in [0.3, 0.4) is 0 Å². The molecule has 134 valence electrons. The molecule has 0 fully saturated rings. The van der Waals surface area contributed by atoms with Crippen LogP contribution in [-0.2, 0) is 20.2 Å². The molecule has 0 aromatic carbocycles. The molecule has 0 unspecified atom stereocenters. The molecule has 1 amide bonds. The minimum atomic E-state index is -0.178. The normalized spacial score (nSPS) is 16.4. The minimum Gasteiger partial charge on any atom is -0.469 e. The number of carbonyl (C=O) groups is 1. The number of aryl methyl sites for hydroxylation is 1. The number of fused-ring (bicyclic) bond motifs is 1. The van der Waals surface area contributed by atoms with Crippen LogP contribution >= 0.6 is 0 Å². The predicted molar refractivity (Wildman–Crippen MR) is 91.3 cm³/mol. The third-order valence-corrected chi connectivity index (χ3v) is 4.55. The van der Waals surface area contributed by atoms with E-state index in [4.69, 9.17) is 4.74 Å². The second-order valence-electron chi connectivity index (χ2n) is 6.10. The zero-order valence-electron chi connectivity index (χ0n) is 14.6. The van der Waals surface area contributed by atoms with Gasteiger partial charge in [-0.25, -0.2) is 4.98 Å². The maximum absolute atomic E-state index is 12.8. The number of rotatable bonds is 4. The molecule has 4 heterocycles. The molecule has 0 aliphatic carbocycles. The van der Waals surface area contributed by atoms with Gasteiger partial charge in [-0.3, -0.25) is 9.48 Å². The lowest BCUT2D eigenvalue weighted by molar-refractivity contribution is 0.0623. The molecular weight excluding hydrogens is 334 g/mol. The van der Waals surface area contributed by atoms with Crippen molar-refractivity contribution in [3.05, 3.63) is 54.0 Å². The van der Waals surface area contributed by atoms with Crippen LogP contribution in [0.25, 0.3) is 0 Å². The van der Waals surface area contributed by atoms with Crippen molar-refractivity contribution in [3.63, 3.8) is 0 Å². The topological polar surface area (TPSA) is 91.0 Å². The summed E-state index contributed by atoms with van der Waals surface area (Å²) in [5, 5.41) is 12.6. The Bertz CT molecular complexity index is 918. The van der Waals surface area contributed by atoms with E-state index in [2.05, 4.69) is 20.3 Å². The Labute approximate surface area is 150 Å². The molecule has 3 aromatic rings. The number of ether oxygens (including phenoxy) is 1. The average molecular weight is 353 g/mol. The lowest BCUT2D eigenvalue weighted by Gasteiger charge is -2.33. The highest BCUT2D eigenvalue weighted by atomic mass is 16.5. The zero-order chi connectivity index (χ0) is 18.1. The molecule has 4 rings (SSSR count). The number of amides is 1. The van der Waals surface area contributed by atoms with Gasteiger partial charge in [0.05, 0.1) is 6.04 Å². The van der Waals surface area contributed by atoms with Crippen LogP contribution in [0.4, 0.5) is 0 Å². The largest absolute Gasteiger partial charge is 0.469 e. The fourth-order valence-corrected chi connectivity index (χ4v) is 3.13. The lowest BCUT2D eigenvalue weighted by atomic mass is 10.2. The van der Waals surface area contributed by atoms with Crippen LogP contribution < -0.4 is 4.74 Å². The van der Waals surface area contributed by atoms with Gasteiger partial charge >= 0.3 is 0 Å². The van der Waals surface area contributed by atoms with E-state index in [1.54, 1.807) is 41.2 Å². The summed E-state index contributed by atoms with van der Waals surface area (Å²) < 4.78 is 9.27. The lowest BCUT2D eigenvalue weighted by Crippen LogP contribution is -2.42. The van der Waals surface area contributed by atoms with Gasteiger partial charge in [0.25, 0.3) is 5.91 Å². The van der Waals surface area contributed by atoms with E-state index in [-0.39, 0.29) is 18.6 Å². The fourth-order valence-electron chi connectivity index (χ4n) is 3.13. The monoisotopic (exact) mass is 353 g/mol. The van der Waals surface area contributed by atoms with Crippen molar-refractivity contribution in [1.82, 2.24) is 34.4 Å². The van der Waals surface area contributed by atoms with Gasteiger partial charge in [-0.15, -0.1) is 10.2 Å². The van der Waals surface area contributed by atoms with Crippen molar-refractivity contribution in [2.45, 2.75) is 26.1 Å². The molecule has 1 aliphatic heterocycles. The van der Waals surface area contributed by atoms with Crippen molar-refractivity contribution >= 4 is 5.91 Å². The van der Waals surface area contributed by atoms with Crippen LogP contribution in [0.1, 0.15) is 35.1 Å². The summed E-state index contributed by atoms with van der Waals surface area (Å²) in [6, 6.07) is 7.04. The molecule has 3 aromatic heterocycles. The number of hydrogen-bond donors (Lipinski definition) is 0. The van der Waals surface area contributed by atoms with Gasteiger partial charge in [-0.1, -0.05) is 6.07 Å². The Balaban J connectivity index is 1.51. The highest BCUT2D eigenvalue weighted by Crippen LogP contribution is 2.26. The van der Waals surface area contributed by atoms with Gasteiger partial charge in [0.2, 0.25) is 5.88 Å². The first-order valence-corrected chi connectivity index (χ1v) is 8.40. The van der Waals surface area contributed by atoms with Crippen molar-refractivity contribution in [2.24, 2.45) is 7.05 Å². The van der Waals surface area contributed by atoms with Crippen LogP contribution in [0.15, 0.2) is 36.7 Å². The number of hydrogen-bond acceptors (Lipinski definition) is 6. The quantitative estimate of drug-likeness (QED) is 0.700. The van der Waals surface area contributed by atoms with Crippen molar-refractivity contribution in [1.29, 1.82) is 0 Å². The van der Waals surface area contributed by atoms with E-state index in [1.807, 2.05) is 23.6 Å².